The van der Waals surface area contributed by atoms with Gasteiger partial charge in [-0.15, -0.1) is 0 Å². The lowest BCUT2D eigenvalue weighted by Gasteiger charge is -2.20. The van der Waals surface area contributed by atoms with Crippen LogP contribution in [0.2, 0.25) is 0 Å². The fourth-order valence-corrected chi connectivity index (χ4v) is 2.31. The summed E-state index contributed by atoms with van der Waals surface area (Å²) in [6.07, 6.45) is 0. The molecule has 0 radical (unpaired) electrons. The van der Waals surface area contributed by atoms with E-state index in [-0.39, 0.29) is 12.4 Å². The van der Waals surface area contributed by atoms with Crippen molar-refractivity contribution in [1.82, 2.24) is 5.32 Å². The highest BCUT2D eigenvalue weighted by molar-refractivity contribution is 7.92. The molecule has 1 aliphatic heterocycles. The van der Waals surface area contributed by atoms with Gasteiger partial charge < -0.3 is 10.4 Å². The van der Waals surface area contributed by atoms with Gasteiger partial charge in [-0.25, -0.2) is 8.42 Å². The summed E-state index contributed by atoms with van der Waals surface area (Å²) < 4.78 is 22.0. The average Bonchev–Trinajstić information content (AvgIpc) is 1.87. The van der Waals surface area contributed by atoms with Gasteiger partial charge in [0.05, 0.1) is 17.6 Å². The second-order valence-electron chi connectivity index (χ2n) is 2.38. The molecule has 0 aromatic carbocycles. The van der Waals surface area contributed by atoms with Gasteiger partial charge >= 0.3 is 0 Å². The predicted molar refractivity (Wildman–Crippen MR) is 37.5 cm³/mol. The van der Waals surface area contributed by atoms with E-state index < -0.39 is 15.1 Å². The Morgan fingerprint density at radius 3 is 2.70 bits per heavy atom. The first-order chi connectivity index (χ1) is 4.67. The van der Waals surface area contributed by atoms with E-state index in [1.54, 1.807) is 0 Å². The standard InChI is InChI=1S/C5H11NO3S/c7-4-5-3-6-1-2-10(5,8)9/h5-7H,1-4H2. The molecule has 2 N–H and O–H groups in total. The van der Waals surface area contributed by atoms with E-state index in [9.17, 15) is 8.42 Å². The third-order valence-electron chi connectivity index (χ3n) is 1.65. The van der Waals surface area contributed by atoms with Crippen molar-refractivity contribution >= 4 is 9.84 Å². The SMILES string of the molecule is O=S1(=O)CCNCC1CO. The Balaban J connectivity index is 2.70. The van der Waals surface area contributed by atoms with Gasteiger partial charge in [0.15, 0.2) is 9.84 Å². The van der Waals surface area contributed by atoms with E-state index in [0.717, 1.165) is 0 Å². The van der Waals surface area contributed by atoms with Crippen LogP contribution in [0.4, 0.5) is 0 Å². The van der Waals surface area contributed by atoms with Crippen molar-refractivity contribution in [3.8, 4) is 0 Å². The number of aliphatic hydroxyl groups is 1. The van der Waals surface area contributed by atoms with E-state index in [0.29, 0.717) is 13.1 Å². The molecule has 0 aromatic heterocycles. The molecule has 0 aliphatic carbocycles. The van der Waals surface area contributed by atoms with Gasteiger partial charge in [0, 0.05) is 13.1 Å². The Morgan fingerprint density at radius 1 is 1.60 bits per heavy atom. The van der Waals surface area contributed by atoms with Gasteiger partial charge in [0.25, 0.3) is 0 Å². The van der Waals surface area contributed by atoms with Crippen molar-refractivity contribution in [3.05, 3.63) is 0 Å². The molecule has 1 atom stereocenters. The van der Waals surface area contributed by atoms with E-state index in [4.69, 9.17) is 5.11 Å². The van der Waals surface area contributed by atoms with Crippen LogP contribution in [0.15, 0.2) is 0 Å². The van der Waals surface area contributed by atoms with Crippen LogP contribution >= 0.6 is 0 Å². The molecule has 60 valence electrons. The molecule has 1 heterocycles. The maximum absolute atomic E-state index is 11.0. The van der Waals surface area contributed by atoms with Crippen LogP contribution in [0.5, 0.6) is 0 Å². The van der Waals surface area contributed by atoms with Crippen LogP contribution in [0.1, 0.15) is 0 Å². The van der Waals surface area contributed by atoms with E-state index in [2.05, 4.69) is 5.32 Å². The van der Waals surface area contributed by atoms with Crippen molar-refractivity contribution in [2.45, 2.75) is 5.25 Å². The zero-order valence-electron chi connectivity index (χ0n) is 5.58. The summed E-state index contributed by atoms with van der Waals surface area (Å²) in [5.74, 6) is 0.151. The van der Waals surface area contributed by atoms with Crippen molar-refractivity contribution in [3.63, 3.8) is 0 Å². The van der Waals surface area contributed by atoms with Gasteiger partial charge in [0.2, 0.25) is 0 Å². The summed E-state index contributed by atoms with van der Waals surface area (Å²) in [4.78, 5) is 0. The summed E-state index contributed by atoms with van der Waals surface area (Å²) >= 11 is 0. The normalized spacial score (nSPS) is 31.9. The zero-order chi connectivity index (χ0) is 7.61. The summed E-state index contributed by atoms with van der Waals surface area (Å²) in [7, 11) is -2.99. The first-order valence-corrected chi connectivity index (χ1v) is 4.91. The van der Waals surface area contributed by atoms with Gasteiger partial charge in [-0.1, -0.05) is 0 Å². The van der Waals surface area contributed by atoms with Crippen LogP contribution < -0.4 is 5.32 Å². The molecule has 0 saturated carbocycles. The number of hydrogen-bond acceptors (Lipinski definition) is 4. The van der Waals surface area contributed by atoms with Crippen molar-refractivity contribution in [2.75, 3.05) is 25.4 Å². The molecule has 1 aliphatic rings. The topological polar surface area (TPSA) is 66.4 Å². The van der Waals surface area contributed by atoms with Gasteiger partial charge in [-0.05, 0) is 0 Å². The summed E-state index contributed by atoms with van der Waals surface area (Å²) in [6, 6.07) is 0. The minimum absolute atomic E-state index is 0.151. The first kappa shape index (κ1) is 7.97. The highest BCUT2D eigenvalue weighted by Crippen LogP contribution is 2.04. The average molecular weight is 165 g/mol. The van der Waals surface area contributed by atoms with E-state index in [1.807, 2.05) is 0 Å². The van der Waals surface area contributed by atoms with Crippen LogP contribution in [-0.4, -0.2) is 44.2 Å². The van der Waals surface area contributed by atoms with Gasteiger partial charge in [0.1, 0.15) is 0 Å². The lowest BCUT2D eigenvalue weighted by atomic mass is 10.4. The van der Waals surface area contributed by atoms with Crippen LogP contribution in [-0.2, 0) is 9.84 Å². The Labute approximate surface area is 60.2 Å². The molecule has 0 amide bonds. The number of hydrogen-bond donors (Lipinski definition) is 2. The highest BCUT2D eigenvalue weighted by atomic mass is 32.2. The molecule has 1 unspecified atom stereocenters. The Morgan fingerprint density at radius 2 is 2.30 bits per heavy atom. The Bertz CT molecular complexity index is 199. The number of nitrogens with one attached hydrogen (secondary N) is 1. The van der Waals surface area contributed by atoms with Crippen LogP contribution in [0.25, 0.3) is 0 Å². The molecule has 1 rings (SSSR count). The molecule has 4 nitrogen and oxygen atoms in total. The quantitative estimate of drug-likeness (QED) is 0.489. The largest absolute Gasteiger partial charge is 0.395 e. The fraction of sp³-hybridized carbons (Fsp3) is 1.00. The molecular weight excluding hydrogens is 154 g/mol. The van der Waals surface area contributed by atoms with E-state index in [1.165, 1.54) is 0 Å². The van der Waals surface area contributed by atoms with E-state index >= 15 is 0 Å². The molecule has 5 heteroatoms. The van der Waals surface area contributed by atoms with Crippen molar-refractivity contribution in [2.24, 2.45) is 0 Å². The Kier molecular flexibility index (Phi) is 2.28. The Hall–Kier alpha value is -0.130. The second kappa shape index (κ2) is 2.86. The molecule has 1 saturated heterocycles. The lowest BCUT2D eigenvalue weighted by Crippen LogP contribution is -2.45. The lowest BCUT2D eigenvalue weighted by molar-refractivity contribution is 0.285. The number of sulfone groups is 1. The minimum atomic E-state index is -2.99. The second-order valence-corrected chi connectivity index (χ2v) is 4.78. The molecule has 1 fully saturated rings. The minimum Gasteiger partial charge on any atom is -0.395 e. The molecule has 0 spiro atoms. The molecule has 0 bridgehead atoms. The van der Waals surface area contributed by atoms with Gasteiger partial charge in [-0.3, -0.25) is 0 Å². The summed E-state index contributed by atoms with van der Waals surface area (Å²) in [6.45, 7) is 0.632. The third-order valence-corrected chi connectivity index (χ3v) is 3.75. The van der Waals surface area contributed by atoms with Gasteiger partial charge in [-0.2, -0.15) is 0 Å². The predicted octanol–water partition coefficient (Wildman–Crippen LogP) is -1.63. The molecular formula is C5H11NO3S. The molecule has 0 aromatic rings. The van der Waals surface area contributed by atoms with Crippen LogP contribution in [0, 0.1) is 0 Å². The summed E-state index contributed by atoms with van der Waals surface area (Å²) in [5.41, 5.74) is 0. The smallest absolute Gasteiger partial charge is 0.157 e. The maximum Gasteiger partial charge on any atom is 0.157 e. The monoisotopic (exact) mass is 165 g/mol. The van der Waals surface area contributed by atoms with Crippen LogP contribution in [0.3, 0.4) is 0 Å². The van der Waals surface area contributed by atoms with Crippen molar-refractivity contribution < 1.29 is 13.5 Å². The fourth-order valence-electron chi connectivity index (χ4n) is 0.949. The first-order valence-electron chi connectivity index (χ1n) is 3.20. The summed E-state index contributed by atoms with van der Waals surface area (Å²) in [5, 5.41) is 10.9. The number of aliphatic hydroxyl groups excluding tert-OH is 1. The zero-order valence-corrected chi connectivity index (χ0v) is 6.39. The third kappa shape index (κ3) is 1.47. The highest BCUT2D eigenvalue weighted by Gasteiger charge is 2.27. The van der Waals surface area contributed by atoms with Crippen molar-refractivity contribution in [1.29, 1.82) is 0 Å². The number of rotatable bonds is 1. The molecule has 10 heavy (non-hydrogen) atoms. The maximum atomic E-state index is 11.0.